The minimum absolute atomic E-state index is 0.239. The van der Waals surface area contributed by atoms with Crippen LogP contribution in [0.25, 0.3) is 11.1 Å². The molecule has 0 saturated carbocycles. The summed E-state index contributed by atoms with van der Waals surface area (Å²) in [5.41, 5.74) is 4.76. The third-order valence-corrected chi connectivity index (χ3v) is 4.25. The second-order valence-electron chi connectivity index (χ2n) is 5.76. The van der Waals surface area contributed by atoms with Crippen LogP contribution in [0, 0.1) is 10.1 Å². The molecule has 126 valence electrons. The van der Waals surface area contributed by atoms with Gasteiger partial charge in [0.1, 0.15) is 5.71 Å². The van der Waals surface area contributed by atoms with Crippen molar-refractivity contribution >= 4 is 17.6 Å². The average molecular weight is 343 g/mol. The van der Waals surface area contributed by atoms with Gasteiger partial charge in [-0.05, 0) is 17.2 Å². The lowest BCUT2D eigenvalue weighted by atomic mass is 10.1. The highest BCUT2D eigenvalue weighted by Crippen LogP contribution is 2.36. The van der Waals surface area contributed by atoms with E-state index in [4.69, 9.17) is 0 Å². The van der Waals surface area contributed by atoms with Crippen LogP contribution in [0.1, 0.15) is 16.7 Å². The molecule has 0 radical (unpaired) electrons. The van der Waals surface area contributed by atoms with Crippen molar-refractivity contribution in [2.45, 2.75) is 0 Å². The van der Waals surface area contributed by atoms with Gasteiger partial charge in [-0.25, -0.2) is 0 Å². The zero-order valence-electron chi connectivity index (χ0n) is 13.5. The number of aromatic hydroxyl groups is 1. The van der Waals surface area contributed by atoms with E-state index >= 15 is 0 Å². The predicted octanol–water partition coefficient (Wildman–Crippen LogP) is 4.15. The van der Waals surface area contributed by atoms with E-state index in [1.807, 2.05) is 48.5 Å². The lowest BCUT2D eigenvalue weighted by Crippen LogP contribution is -1.97. The molecule has 0 atom stereocenters. The van der Waals surface area contributed by atoms with Gasteiger partial charge in [-0.1, -0.05) is 54.6 Å². The van der Waals surface area contributed by atoms with Crippen LogP contribution in [-0.2, 0) is 0 Å². The number of para-hydroxylation sites is 1. The first-order valence-corrected chi connectivity index (χ1v) is 7.93. The molecule has 6 heteroatoms. The summed E-state index contributed by atoms with van der Waals surface area (Å²) in [5.74, 6) is -0.423. The Labute approximate surface area is 148 Å². The van der Waals surface area contributed by atoms with Crippen molar-refractivity contribution in [2.75, 3.05) is 0 Å². The molecule has 0 heterocycles. The molecule has 4 rings (SSSR count). The first-order chi connectivity index (χ1) is 12.7. The lowest BCUT2D eigenvalue weighted by Gasteiger charge is -2.00. The van der Waals surface area contributed by atoms with Gasteiger partial charge in [-0.3, -0.25) is 10.1 Å². The molecule has 1 aliphatic rings. The molecule has 0 spiro atoms. The minimum Gasteiger partial charge on any atom is -0.502 e. The van der Waals surface area contributed by atoms with Gasteiger partial charge in [0, 0.05) is 22.8 Å². The lowest BCUT2D eigenvalue weighted by molar-refractivity contribution is -0.385. The Balaban J connectivity index is 1.75. The smallest absolute Gasteiger partial charge is 0.311 e. The Hall–Kier alpha value is -3.80. The van der Waals surface area contributed by atoms with Crippen LogP contribution in [0.5, 0.6) is 5.75 Å². The molecule has 0 fully saturated rings. The number of phenols is 1. The fourth-order valence-electron chi connectivity index (χ4n) is 3.05. The summed E-state index contributed by atoms with van der Waals surface area (Å²) in [4.78, 5) is 10.3. The summed E-state index contributed by atoms with van der Waals surface area (Å²) < 4.78 is 0. The fraction of sp³-hybridized carbons (Fsp3) is 0. The highest BCUT2D eigenvalue weighted by atomic mass is 16.6. The van der Waals surface area contributed by atoms with Crippen LogP contribution in [0.15, 0.2) is 76.9 Å². The maximum absolute atomic E-state index is 10.9. The standard InChI is InChI=1S/C20H13N3O3/c24-20-13(6-5-11-18(20)23(25)26)12-21-22-19-16-9-3-1-7-14(16)15-8-2-4-10-17(15)19/h1-12,24H/b21-12-. The summed E-state index contributed by atoms with van der Waals surface area (Å²) in [6, 6.07) is 20.1. The van der Waals surface area contributed by atoms with E-state index in [1.54, 1.807) is 6.07 Å². The van der Waals surface area contributed by atoms with Crippen molar-refractivity contribution in [1.82, 2.24) is 0 Å². The molecule has 0 saturated heterocycles. The van der Waals surface area contributed by atoms with Crippen molar-refractivity contribution in [3.63, 3.8) is 0 Å². The Kier molecular flexibility index (Phi) is 3.78. The van der Waals surface area contributed by atoms with Crippen LogP contribution >= 0.6 is 0 Å². The Bertz CT molecular complexity index is 1040. The molecule has 3 aromatic carbocycles. The van der Waals surface area contributed by atoms with Crippen molar-refractivity contribution in [2.24, 2.45) is 10.2 Å². The third kappa shape index (κ3) is 2.53. The van der Waals surface area contributed by atoms with Crippen molar-refractivity contribution < 1.29 is 10.0 Å². The third-order valence-electron chi connectivity index (χ3n) is 4.25. The van der Waals surface area contributed by atoms with Crippen LogP contribution in [0.4, 0.5) is 5.69 Å². The largest absolute Gasteiger partial charge is 0.502 e. The van der Waals surface area contributed by atoms with E-state index in [-0.39, 0.29) is 11.3 Å². The Morgan fingerprint density at radius 1 is 0.846 bits per heavy atom. The quantitative estimate of drug-likeness (QED) is 0.344. The monoisotopic (exact) mass is 343 g/mol. The second-order valence-corrected chi connectivity index (χ2v) is 5.76. The number of benzene rings is 3. The van der Waals surface area contributed by atoms with Gasteiger partial charge in [0.05, 0.1) is 11.1 Å². The van der Waals surface area contributed by atoms with Crippen molar-refractivity contribution in [3.05, 3.63) is 93.5 Å². The van der Waals surface area contributed by atoms with Gasteiger partial charge >= 0.3 is 5.69 Å². The second kappa shape index (κ2) is 6.25. The number of nitro groups is 1. The van der Waals surface area contributed by atoms with Crippen molar-refractivity contribution in [3.8, 4) is 16.9 Å². The number of hydrogen-bond donors (Lipinski definition) is 1. The molecule has 6 nitrogen and oxygen atoms in total. The summed E-state index contributed by atoms with van der Waals surface area (Å²) in [7, 11) is 0. The zero-order valence-corrected chi connectivity index (χ0v) is 13.5. The van der Waals surface area contributed by atoms with Crippen LogP contribution in [-0.4, -0.2) is 22.0 Å². The number of fused-ring (bicyclic) bond motifs is 3. The molecular formula is C20H13N3O3. The normalized spacial score (nSPS) is 12.1. The summed E-state index contributed by atoms with van der Waals surface area (Å²) in [5, 5.41) is 29.3. The maximum Gasteiger partial charge on any atom is 0.311 e. The molecular weight excluding hydrogens is 330 g/mol. The predicted molar refractivity (Wildman–Crippen MR) is 99.9 cm³/mol. The first-order valence-electron chi connectivity index (χ1n) is 7.93. The fourth-order valence-corrected chi connectivity index (χ4v) is 3.05. The highest BCUT2D eigenvalue weighted by Gasteiger charge is 2.23. The number of hydrogen-bond acceptors (Lipinski definition) is 5. The SMILES string of the molecule is O=[N+]([O-])c1cccc(/C=N\N=C2c3ccccc3-c3ccccc32)c1O. The van der Waals surface area contributed by atoms with Gasteiger partial charge in [0.25, 0.3) is 0 Å². The zero-order chi connectivity index (χ0) is 18.1. The van der Waals surface area contributed by atoms with E-state index in [2.05, 4.69) is 10.2 Å². The molecule has 1 N–H and O–H groups in total. The van der Waals surface area contributed by atoms with Gasteiger partial charge in [-0.15, -0.1) is 5.10 Å². The Morgan fingerprint density at radius 3 is 2.00 bits per heavy atom. The van der Waals surface area contributed by atoms with Crippen LogP contribution in [0.2, 0.25) is 0 Å². The van der Waals surface area contributed by atoms with Gasteiger partial charge in [0.15, 0.2) is 0 Å². The topological polar surface area (TPSA) is 88.1 Å². The molecule has 0 amide bonds. The van der Waals surface area contributed by atoms with E-state index in [0.29, 0.717) is 0 Å². The molecule has 3 aromatic rings. The summed E-state index contributed by atoms with van der Waals surface area (Å²) in [6.45, 7) is 0. The van der Waals surface area contributed by atoms with Gasteiger partial charge in [0.2, 0.25) is 5.75 Å². The molecule has 1 aliphatic carbocycles. The highest BCUT2D eigenvalue weighted by molar-refractivity contribution is 6.24. The number of nitrogens with zero attached hydrogens (tertiary/aromatic N) is 3. The molecule has 0 aliphatic heterocycles. The van der Waals surface area contributed by atoms with Crippen molar-refractivity contribution in [1.29, 1.82) is 0 Å². The van der Waals surface area contributed by atoms with Crippen LogP contribution < -0.4 is 0 Å². The summed E-state index contributed by atoms with van der Waals surface area (Å²) in [6.07, 6.45) is 1.32. The molecule has 0 bridgehead atoms. The average Bonchev–Trinajstić information content (AvgIpc) is 2.97. The van der Waals surface area contributed by atoms with Gasteiger partial charge < -0.3 is 5.11 Å². The van der Waals surface area contributed by atoms with E-state index in [1.165, 1.54) is 18.3 Å². The van der Waals surface area contributed by atoms with E-state index in [0.717, 1.165) is 28.0 Å². The molecule has 0 unspecified atom stereocenters. The molecule has 26 heavy (non-hydrogen) atoms. The first kappa shape index (κ1) is 15.7. The number of nitro benzene ring substituents is 1. The van der Waals surface area contributed by atoms with Crippen LogP contribution in [0.3, 0.4) is 0 Å². The van der Waals surface area contributed by atoms with E-state index < -0.39 is 10.7 Å². The number of rotatable bonds is 3. The van der Waals surface area contributed by atoms with Gasteiger partial charge in [-0.2, -0.15) is 5.10 Å². The van der Waals surface area contributed by atoms with E-state index in [9.17, 15) is 15.2 Å². The summed E-state index contributed by atoms with van der Waals surface area (Å²) >= 11 is 0. The number of phenolic OH excluding ortho intramolecular Hbond substituents is 1. The minimum atomic E-state index is -0.637. The molecule has 0 aromatic heterocycles. The maximum atomic E-state index is 10.9. The Morgan fingerprint density at radius 2 is 1.42 bits per heavy atom.